The molecule has 2 amide bonds. The van der Waals surface area contributed by atoms with Crippen LogP contribution in [0.25, 0.3) is 0 Å². The van der Waals surface area contributed by atoms with Crippen LogP contribution in [0.5, 0.6) is 0 Å². The van der Waals surface area contributed by atoms with Crippen LogP contribution >= 0.6 is 11.8 Å². The van der Waals surface area contributed by atoms with Gasteiger partial charge in [-0.15, -0.1) is 11.8 Å². The molecule has 0 aromatic carbocycles. The molecule has 1 atom stereocenters. The molecule has 0 radical (unpaired) electrons. The first-order valence-corrected chi connectivity index (χ1v) is 13.8. The van der Waals surface area contributed by atoms with Gasteiger partial charge in [0, 0.05) is 17.8 Å². The van der Waals surface area contributed by atoms with Crippen LogP contribution in [-0.4, -0.2) is 65.2 Å². The van der Waals surface area contributed by atoms with Crippen LogP contribution in [0.1, 0.15) is 85.0 Å². The van der Waals surface area contributed by atoms with Crippen molar-refractivity contribution in [1.29, 1.82) is 0 Å². The summed E-state index contributed by atoms with van der Waals surface area (Å²) in [5, 5.41) is 17.6. The number of carbonyl (C=O) groups excluding carboxylic acids is 2. The number of carboxylic acids is 1. The highest BCUT2D eigenvalue weighted by Crippen LogP contribution is 2.22. The Hall–Kier alpha value is -1.94. The van der Waals surface area contributed by atoms with Crippen molar-refractivity contribution in [3.05, 3.63) is 12.7 Å². The van der Waals surface area contributed by atoms with Crippen molar-refractivity contribution in [2.24, 2.45) is 0 Å². The van der Waals surface area contributed by atoms with E-state index in [1.165, 1.54) is 70.3 Å². The Labute approximate surface area is 214 Å². The Bertz CT molecular complexity index is 628. The first kappa shape index (κ1) is 31.1. The third kappa shape index (κ3) is 16.4. The van der Waals surface area contributed by atoms with E-state index < -0.39 is 29.8 Å². The van der Waals surface area contributed by atoms with Crippen LogP contribution in [0.4, 0.5) is 9.59 Å². The fraction of sp³-hybridized carbons (Fsp3) is 0.800. The number of ether oxygens (including phenoxy) is 2. The van der Waals surface area contributed by atoms with Crippen molar-refractivity contribution in [2.75, 3.05) is 18.2 Å². The van der Waals surface area contributed by atoms with Crippen LogP contribution in [-0.2, 0) is 14.3 Å². The van der Waals surface area contributed by atoms with Crippen LogP contribution in [0.2, 0.25) is 0 Å². The highest BCUT2D eigenvalue weighted by atomic mass is 32.2. The maximum absolute atomic E-state index is 11.5. The van der Waals surface area contributed by atoms with E-state index in [2.05, 4.69) is 27.3 Å². The summed E-state index contributed by atoms with van der Waals surface area (Å²) in [4.78, 5) is 33.7. The molecule has 9 nitrogen and oxygen atoms in total. The predicted octanol–water partition coefficient (Wildman–Crippen LogP) is 4.81. The lowest BCUT2D eigenvalue weighted by Crippen LogP contribution is -2.45. The van der Waals surface area contributed by atoms with Crippen molar-refractivity contribution < 1.29 is 29.0 Å². The molecular formula is C25H45N3O6S. The molecular weight excluding hydrogens is 470 g/mol. The van der Waals surface area contributed by atoms with Gasteiger partial charge in [-0.1, -0.05) is 51.2 Å². The molecule has 2 aliphatic carbocycles. The van der Waals surface area contributed by atoms with Gasteiger partial charge in [0.1, 0.15) is 18.2 Å². The van der Waals surface area contributed by atoms with Crippen molar-refractivity contribution in [3.63, 3.8) is 0 Å². The lowest BCUT2D eigenvalue weighted by Gasteiger charge is -2.30. The minimum Gasteiger partial charge on any atom is -0.480 e. The Kier molecular flexibility index (Phi) is 15.5. The maximum Gasteiger partial charge on any atom is 0.408 e. The van der Waals surface area contributed by atoms with Crippen molar-refractivity contribution in [2.45, 2.75) is 109 Å². The molecule has 2 saturated carbocycles. The van der Waals surface area contributed by atoms with Crippen molar-refractivity contribution in [3.8, 4) is 0 Å². The van der Waals surface area contributed by atoms with Gasteiger partial charge in [-0.2, -0.15) is 0 Å². The summed E-state index contributed by atoms with van der Waals surface area (Å²) in [6.07, 6.45) is 14.6. The SMILES string of the molecule is C1CCC(NC2CCCCC2)CC1.C=CCOC(=O)NCSC[C@H](NC(=O)OC(C)(C)C)C(=O)O. The van der Waals surface area contributed by atoms with Crippen LogP contribution in [0.15, 0.2) is 12.7 Å². The molecule has 0 bridgehead atoms. The number of aliphatic carboxylic acids is 1. The van der Waals surface area contributed by atoms with Gasteiger partial charge in [0.25, 0.3) is 0 Å². The van der Waals surface area contributed by atoms with Gasteiger partial charge in [-0.25, -0.2) is 14.4 Å². The molecule has 0 unspecified atom stereocenters. The predicted molar refractivity (Wildman–Crippen MR) is 140 cm³/mol. The highest BCUT2D eigenvalue weighted by molar-refractivity contribution is 7.99. The average Bonchev–Trinajstić information content (AvgIpc) is 2.80. The van der Waals surface area contributed by atoms with Crippen molar-refractivity contribution >= 4 is 29.9 Å². The lowest BCUT2D eigenvalue weighted by atomic mass is 9.91. The van der Waals surface area contributed by atoms with Gasteiger partial charge in [-0.05, 0) is 46.5 Å². The largest absolute Gasteiger partial charge is 0.480 e. The summed E-state index contributed by atoms with van der Waals surface area (Å²) in [6, 6.07) is 0.625. The highest BCUT2D eigenvalue weighted by Gasteiger charge is 2.24. The Morgan fingerprint density at radius 2 is 1.54 bits per heavy atom. The van der Waals surface area contributed by atoms with E-state index in [4.69, 9.17) is 9.84 Å². The summed E-state index contributed by atoms with van der Waals surface area (Å²) in [5.41, 5.74) is -0.712. The van der Waals surface area contributed by atoms with E-state index in [0.717, 1.165) is 23.8 Å². The van der Waals surface area contributed by atoms with Crippen LogP contribution in [0.3, 0.4) is 0 Å². The Balaban J connectivity index is 0.000000394. The number of nitrogens with one attached hydrogen (secondary N) is 3. The third-order valence-corrected chi connectivity index (χ3v) is 6.52. The molecule has 2 aliphatic rings. The van der Waals surface area contributed by atoms with Gasteiger partial charge >= 0.3 is 18.2 Å². The standard InChI is InChI=1S/C13H22N2O6S.C12H23N/c1-5-6-20-11(18)14-8-22-7-9(10(16)17)15-12(19)21-13(2,3)4;1-3-7-11(8-4-1)13-12-9-5-2-6-10-12/h5,9H,1,6-8H2,2-4H3,(H,14,18)(H,15,19)(H,16,17);11-13H,1-10H2/t9-;/m0./s1. The molecule has 202 valence electrons. The summed E-state index contributed by atoms with van der Waals surface area (Å²) < 4.78 is 9.66. The smallest absolute Gasteiger partial charge is 0.408 e. The molecule has 2 fully saturated rings. The fourth-order valence-corrected chi connectivity index (χ4v) is 4.77. The Morgan fingerprint density at radius 1 is 1.00 bits per heavy atom. The van der Waals surface area contributed by atoms with E-state index in [0.29, 0.717) is 0 Å². The van der Waals surface area contributed by atoms with E-state index in [1.54, 1.807) is 20.8 Å². The monoisotopic (exact) mass is 515 g/mol. The number of hydrogen-bond acceptors (Lipinski definition) is 7. The minimum atomic E-state index is -1.19. The van der Waals surface area contributed by atoms with E-state index in [1.807, 2.05) is 0 Å². The number of carbonyl (C=O) groups is 3. The van der Waals surface area contributed by atoms with Gasteiger partial charge in [0.05, 0.1) is 5.88 Å². The van der Waals surface area contributed by atoms with E-state index in [-0.39, 0.29) is 18.2 Å². The second-order valence-corrected chi connectivity index (χ2v) is 11.0. The number of carboxylic acid groups (broad SMARTS) is 1. The molecule has 0 spiro atoms. The summed E-state index contributed by atoms with van der Waals surface area (Å²) >= 11 is 1.12. The van der Waals surface area contributed by atoms with E-state index >= 15 is 0 Å². The van der Waals surface area contributed by atoms with Gasteiger partial charge < -0.3 is 30.5 Å². The lowest BCUT2D eigenvalue weighted by molar-refractivity contribution is -0.138. The normalized spacial score (nSPS) is 17.8. The zero-order chi connectivity index (χ0) is 26.1. The Morgan fingerprint density at radius 3 is 2.00 bits per heavy atom. The summed E-state index contributed by atoms with van der Waals surface area (Å²) in [7, 11) is 0. The second-order valence-electron chi connectivity index (χ2n) is 9.95. The van der Waals surface area contributed by atoms with Crippen LogP contribution in [0, 0.1) is 0 Å². The van der Waals surface area contributed by atoms with E-state index in [9.17, 15) is 14.4 Å². The first-order chi connectivity index (χ1) is 16.6. The van der Waals surface area contributed by atoms with Gasteiger partial charge in [0.2, 0.25) is 0 Å². The third-order valence-electron chi connectivity index (χ3n) is 5.61. The summed E-state index contributed by atoms with van der Waals surface area (Å²) in [6.45, 7) is 8.52. The number of amides is 2. The first-order valence-electron chi connectivity index (χ1n) is 12.7. The number of thioether (sulfide) groups is 1. The molecule has 0 saturated heterocycles. The quantitative estimate of drug-likeness (QED) is 0.186. The number of hydrogen-bond donors (Lipinski definition) is 4. The fourth-order valence-electron chi connectivity index (χ4n) is 3.97. The van der Waals surface area contributed by atoms with Crippen molar-refractivity contribution in [1.82, 2.24) is 16.0 Å². The number of rotatable bonds is 10. The minimum absolute atomic E-state index is 0.0658. The van der Waals surface area contributed by atoms with Crippen LogP contribution < -0.4 is 16.0 Å². The topological polar surface area (TPSA) is 126 Å². The van der Waals surface area contributed by atoms with Gasteiger partial charge in [0.15, 0.2) is 0 Å². The molecule has 2 rings (SSSR count). The molecule has 0 aliphatic heterocycles. The zero-order valence-electron chi connectivity index (χ0n) is 21.6. The molecule has 35 heavy (non-hydrogen) atoms. The molecule has 4 N–H and O–H groups in total. The molecule has 10 heteroatoms. The molecule has 0 aromatic heterocycles. The molecule has 0 heterocycles. The molecule has 0 aromatic rings. The zero-order valence-corrected chi connectivity index (χ0v) is 22.4. The summed E-state index contributed by atoms with van der Waals surface area (Å²) in [5.74, 6) is -0.973. The number of alkyl carbamates (subject to hydrolysis) is 2. The average molecular weight is 516 g/mol. The second kappa shape index (κ2) is 17.5. The van der Waals surface area contributed by atoms with Gasteiger partial charge in [-0.3, -0.25) is 0 Å². The maximum atomic E-state index is 11.5.